The predicted molar refractivity (Wildman–Crippen MR) is 88.4 cm³/mol. The van der Waals surface area contributed by atoms with Crippen molar-refractivity contribution in [3.63, 3.8) is 0 Å². The Labute approximate surface area is 129 Å². The van der Waals surface area contributed by atoms with Gasteiger partial charge in [0.1, 0.15) is 0 Å². The zero-order chi connectivity index (χ0) is 14.4. The molecule has 4 heteroatoms. The number of halogens is 1. The Morgan fingerprint density at radius 3 is 2.30 bits per heavy atom. The molecule has 0 saturated heterocycles. The van der Waals surface area contributed by atoms with Crippen molar-refractivity contribution in [1.82, 2.24) is 0 Å². The van der Waals surface area contributed by atoms with Crippen LogP contribution in [0.1, 0.15) is 11.5 Å². The number of nitrogens with two attached hydrogens (primary N) is 2. The van der Waals surface area contributed by atoms with Crippen LogP contribution in [0.4, 0.5) is 0 Å². The molecule has 0 aliphatic heterocycles. The van der Waals surface area contributed by atoms with Gasteiger partial charge in [0.2, 0.25) is 0 Å². The molecule has 0 spiro atoms. The summed E-state index contributed by atoms with van der Waals surface area (Å²) in [7, 11) is 0. The van der Waals surface area contributed by atoms with Crippen LogP contribution in [-0.2, 0) is 0 Å². The van der Waals surface area contributed by atoms with E-state index < -0.39 is 0 Å². The summed E-state index contributed by atoms with van der Waals surface area (Å²) in [6.07, 6.45) is 0. The van der Waals surface area contributed by atoms with E-state index >= 15 is 0 Å². The molecule has 106 valence electrons. The molecule has 0 aromatic heterocycles. The molecule has 4 N–H and O–H groups in total. The normalized spacial score (nSPS) is 13.9. The third-order valence-electron chi connectivity index (χ3n) is 3.26. The lowest BCUT2D eigenvalue weighted by Crippen LogP contribution is -2.35. The molecular formula is C16H19ClN2S. The van der Waals surface area contributed by atoms with Gasteiger partial charge in [-0.15, -0.1) is 11.8 Å². The molecule has 2 aromatic rings. The first-order valence-corrected chi connectivity index (χ1v) is 7.96. The largest absolute Gasteiger partial charge is 0.330 e. The van der Waals surface area contributed by atoms with E-state index in [-0.39, 0.29) is 12.0 Å². The summed E-state index contributed by atoms with van der Waals surface area (Å²) in [4.78, 5) is 1.22. The van der Waals surface area contributed by atoms with Crippen molar-refractivity contribution in [2.75, 3.05) is 12.3 Å². The van der Waals surface area contributed by atoms with Crippen molar-refractivity contribution in [3.8, 4) is 0 Å². The van der Waals surface area contributed by atoms with Gasteiger partial charge in [-0.3, -0.25) is 0 Å². The SMILES string of the molecule is NCC(c1ccccc1Cl)C(N)CSc1ccccc1. The highest BCUT2D eigenvalue weighted by Crippen LogP contribution is 2.28. The fraction of sp³-hybridized carbons (Fsp3) is 0.250. The molecule has 0 aliphatic rings. The lowest BCUT2D eigenvalue weighted by Gasteiger charge is -2.23. The molecule has 0 fully saturated rings. The van der Waals surface area contributed by atoms with Gasteiger partial charge in [0.05, 0.1) is 0 Å². The second kappa shape index (κ2) is 7.70. The summed E-state index contributed by atoms with van der Waals surface area (Å²) in [6, 6.07) is 18.0. The van der Waals surface area contributed by atoms with Gasteiger partial charge in [-0.05, 0) is 23.8 Å². The highest BCUT2D eigenvalue weighted by molar-refractivity contribution is 7.99. The van der Waals surface area contributed by atoms with E-state index in [0.29, 0.717) is 6.54 Å². The standard InChI is InChI=1S/C16H19ClN2S/c17-15-9-5-4-8-13(15)14(10-18)16(19)11-20-12-6-2-1-3-7-12/h1-9,14,16H,10-11,18-19H2. The van der Waals surface area contributed by atoms with E-state index in [1.165, 1.54) is 4.90 Å². The van der Waals surface area contributed by atoms with Crippen LogP contribution in [0.25, 0.3) is 0 Å². The van der Waals surface area contributed by atoms with Crippen molar-refractivity contribution in [2.24, 2.45) is 11.5 Å². The highest BCUT2D eigenvalue weighted by Gasteiger charge is 2.20. The molecule has 0 amide bonds. The smallest absolute Gasteiger partial charge is 0.0441 e. The Kier molecular flexibility index (Phi) is 5.92. The average Bonchev–Trinajstić information content (AvgIpc) is 2.49. The first-order valence-electron chi connectivity index (χ1n) is 6.60. The molecule has 2 nitrogen and oxygen atoms in total. The Bertz CT molecular complexity index is 533. The number of hydrogen-bond donors (Lipinski definition) is 2. The minimum atomic E-state index is -0.0230. The van der Waals surface area contributed by atoms with E-state index in [4.69, 9.17) is 23.1 Å². The Morgan fingerprint density at radius 1 is 1.00 bits per heavy atom. The Morgan fingerprint density at radius 2 is 1.65 bits per heavy atom. The molecule has 0 aliphatic carbocycles. The summed E-state index contributed by atoms with van der Waals surface area (Å²) < 4.78 is 0. The van der Waals surface area contributed by atoms with Crippen LogP contribution in [0.5, 0.6) is 0 Å². The maximum absolute atomic E-state index is 6.32. The fourth-order valence-electron chi connectivity index (χ4n) is 2.13. The maximum atomic E-state index is 6.32. The number of thioether (sulfide) groups is 1. The lowest BCUT2D eigenvalue weighted by atomic mass is 9.93. The third-order valence-corrected chi connectivity index (χ3v) is 4.76. The predicted octanol–water partition coefficient (Wildman–Crippen LogP) is 3.50. The minimum Gasteiger partial charge on any atom is -0.330 e. The summed E-state index contributed by atoms with van der Waals surface area (Å²) >= 11 is 7.99. The average molecular weight is 307 g/mol. The summed E-state index contributed by atoms with van der Waals surface area (Å²) in [5, 5.41) is 0.739. The molecule has 0 bridgehead atoms. The van der Waals surface area contributed by atoms with Gasteiger partial charge >= 0.3 is 0 Å². The lowest BCUT2D eigenvalue weighted by molar-refractivity contribution is 0.584. The van der Waals surface area contributed by atoms with Crippen LogP contribution < -0.4 is 11.5 Å². The molecule has 2 aromatic carbocycles. The van der Waals surface area contributed by atoms with E-state index in [9.17, 15) is 0 Å². The zero-order valence-electron chi connectivity index (χ0n) is 11.2. The third kappa shape index (κ3) is 4.00. The number of benzene rings is 2. The second-order valence-corrected chi connectivity index (χ2v) is 6.15. The molecule has 2 atom stereocenters. The van der Waals surface area contributed by atoms with E-state index in [2.05, 4.69) is 12.1 Å². The molecule has 20 heavy (non-hydrogen) atoms. The van der Waals surface area contributed by atoms with Gasteiger partial charge in [0.25, 0.3) is 0 Å². The quantitative estimate of drug-likeness (QED) is 0.803. The summed E-state index contributed by atoms with van der Waals surface area (Å²) in [5.74, 6) is 0.900. The van der Waals surface area contributed by atoms with Gasteiger partial charge in [-0.2, -0.15) is 0 Å². The van der Waals surface area contributed by atoms with Crippen LogP contribution in [-0.4, -0.2) is 18.3 Å². The van der Waals surface area contributed by atoms with E-state index in [1.807, 2.05) is 42.5 Å². The molecular weight excluding hydrogens is 288 g/mol. The van der Waals surface area contributed by atoms with Gasteiger partial charge < -0.3 is 11.5 Å². The van der Waals surface area contributed by atoms with Crippen molar-refractivity contribution in [2.45, 2.75) is 16.9 Å². The van der Waals surface area contributed by atoms with Crippen LogP contribution in [0.15, 0.2) is 59.5 Å². The minimum absolute atomic E-state index is 0.0230. The number of hydrogen-bond acceptors (Lipinski definition) is 3. The van der Waals surface area contributed by atoms with Crippen molar-refractivity contribution < 1.29 is 0 Å². The van der Waals surface area contributed by atoms with Gasteiger partial charge in [0.15, 0.2) is 0 Å². The van der Waals surface area contributed by atoms with Gasteiger partial charge in [0, 0.05) is 34.2 Å². The monoisotopic (exact) mass is 306 g/mol. The Hall–Kier alpha value is -1.00. The van der Waals surface area contributed by atoms with Gasteiger partial charge in [-0.1, -0.05) is 48.0 Å². The van der Waals surface area contributed by atoms with Crippen LogP contribution in [0.3, 0.4) is 0 Å². The molecule has 2 unspecified atom stereocenters. The molecule has 2 rings (SSSR count). The number of rotatable bonds is 6. The van der Waals surface area contributed by atoms with E-state index in [0.717, 1.165) is 16.3 Å². The molecule has 0 heterocycles. The summed E-state index contributed by atoms with van der Waals surface area (Å²) in [6.45, 7) is 0.500. The van der Waals surface area contributed by atoms with Gasteiger partial charge in [-0.25, -0.2) is 0 Å². The van der Waals surface area contributed by atoms with Crippen molar-refractivity contribution >= 4 is 23.4 Å². The summed E-state index contributed by atoms with van der Waals surface area (Å²) in [5.41, 5.74) is 13.3. The van der Waals surface area contributed by atoms with Crippen LogP contribution in [0.2, 0.25) is 5.02 Å². The fourth-order valence-corrected chi connectivity index (χ4v) is 3.38. The maximum Gasteiger partial charge on any atom is 0.0441 e. The molecule has 0 saturated carbocycles. The van der Waals surface area contributed by atoms with Crippen LogP contribution in [0, 0.1) is 0 Å². The topological polar surface area (TPSA) is 52.0 Å². The second-order valence-electron chi connectivity index (χ2n) is 4.65. The first kappa shape index (κ1) is 15.4. The van der Waals surface area contributed by atoms with E-state index in [1.54, 1.807) is 11.8 Å². The van der Waals surface area contributed by atoms with Crippen molar-refractivity contribution in [1.29, 1.82) is 0 Å². The molecule has 0 radical (unpaired) electrons. The van der Waals surface area contributed by atoms with Crippen LogP contribution >= 0.6 is 23.4 Å². The first-order chi connectivity index (χ1) is 9.72. The zero-order valence-corrected chi connectivity index (χ0v) is 12.8. The highest BCUT2D eigenvalue weighted by atomic mass is 35.5. The van der Waals surface area contributed by atoms with Crippen molar-refractivity contribution in [3.05, 3.63) is 65.2 Å². The Balaban J connectivity index is 2.03.